The van der Waals surface area contributed by atoms with Crippen molar-refractivity contribution < 1.29 is 14.3 Å². The normalized spacial score (nSPS) is 10.6. The molecular formula is C15H18FNO2. The summed E-state index contributed by atoms with van der Waals surface area (Å²) < 4.78 is 14.0. The molecule has 0 fully saturated rings. The lowest BCUT2D eigenvalue weighted by molar-refractivity contribution is -0.131. The van der Waals surface area contributed by atoms with Crippen molar-refractivity contribution in [3.63, 3.8) is 0 Å². The second-order valence-corrected chi connectivity index (χ2v) is 4.08. The minimum Gasteiger partial charge on any atom is -0.478 e. The van der Waals surface area contributed by atoms with E-state index in [0.717, 1.165) is 12.5 Å². The van der Waals surface area contributed by atoms with E-state index in [4.69, 9.17) is 5.11 Å². The summed E-state index contributed by atoms with van der Waals surface area (Å²) in [5.74, 6) is -1.41. The number of carboxylic acids is 1. The maximum Gasteiger partial charge on any atom is 0.328 e. The Morgan fingerprint density at radius 1 is 1.53 bits per heavy atom. The van der Waals surface area contributed by atoms with Gasteiger partial charge in [0.1, 0.15) is 5.82 Å². The zero-order chi connectivity index (χ0) is 14.3. The molecule has 0 atom stereocenters. The standard InChI is InChI=1S/C15H18FNO2/c1-3-10-17(11-4-2)15-12(8-9-14(18)19)6-5-7-13(15)16/h3,5-9H,1,4,10-11H2,2H3,(H,18,19)/b9-8+. The lowest BCUT2D eigenvalue weighted by Gasteiger charge is -2.25. The first-order valence-electron chi connectivity index (χ1n) is 6.15. The second kappa shape index (κ2) is 7.36. The Kier molecular flexibility index (Phi) is 5.79. The van der Waals surface area contributed by atoms with Crippen molar-refractivity contribution in [2.75, 3.05) is 18.0 Å². The van der Waals surface area contributed by atoms with Gasteiger partial charge in [-0.25, -0.2) is 9.18 Å². The first kappa shape index (κ1) is 15.0. The summed E-state index contributed by atoms with van der Waals surface area (Å²) in [6.45, 7) is 6.87. The summed E-state index contributed by atoms with van der Waals surface area (Å²) in [6, 6.07) is 4.64. The van der Waals surface area contributed by atoms with Crippen LogP contribution in [0.25, 0.3) is 6.08 Å². The number of hydrogen-bond donors (Lipinski definition) is 1. The maximum absolute atomic E-state index is 14.0. The van der Waals surface area contributed by atoms with Crippen LogP contribution in [-0.4, -0.2) is 24.2 Å². The van der Waals surface area contributed by atoms with Crippen molar-refractivity contribution in [2.24, 2.45) is 0 Å². The Morgan fingerprint density at radius 2 is 2.26 bits per heavy atom. The highest BCUT2D eigenvalue weighted by atomic mass is 19.1. The smallest absolute Gasteiger partial charge is 0.328 e. The number of nitrogens with zero attached hydrogens (tertiary/aromatic N) is 1. The number of carboxylic acid groups (broad SMARTS) is 1. The van der Waals surface area contributed by atoms with Gasteiger partial charge in [-0.3, -0.25) is 0 Å². The first-order valence-corrected chi connectivity index (χ1v) is 6.15. The lowest BCUT2D eigenvalue weighted by Crippen LogP contribution is -2.25. The van der Waals surface area contributed by atoms with Gasteiger partial charge >= 0.3 is 5.97 Å². The molecule has 0 heterocycles. The van der Waals surface area contributed by atoms with Crippen molar-refractivity contribution in [1.82, 2.24) is 0 Å². The molecule has 0 aliphatic rings. The highest BCUT2D eigenvalue weighted by Gasteiger charge is 2.13. The molecule has 102 valence electrons. The molecule has 1 rings (SSSR count). The Balaban J connectivity index is 3.21. The predicted octanol–water partition coefficient (Wildman–Crippen LogP) is 3.33. The predicted molar refractivity (Wildman–Crippen MR) is 75.8 cm³/mol. The topological polar surface area (TPSA) is 40.5 Å². The number of anilines is 1. The van der Waals surface area contributed by atoms with Crippen LogP contribution in [-0.2, 0) is 4.79 Å². The number of benzene rings is 1. The van der Waals surface area contributed by atoms with Gasteiger partial charge in [0, 0.05) is 24.7 Å². The third kappa shape index (κ3) is 4.25. The van der Waals surface area contributed by atoms with Crippen molar-refractivity contribution in [2.45, 2.75) is 13.3 Å². The van der Waals surface area contributed by atoms with Gasteiger partial charge in [0.25, 0.3) is 0 Å². The summed E-state index contributed by atoms with van der Waals surface area (Å²) in [7, 11) is 0. The summed E-state index contributed by atoms with van der Waals surface area (Å²) >= 11 is 0. The molecule has 4 heteroatoms. The van der Waals surface area contributed by atoms with Gasteiger partial charge in [-0.1, -0.05) is 25.1 Å². The number of hydrogen-bond acceptors (Lipinski definition) is 2. The largest absolute Gasteiger partial charge is 0.478 e. The molecule has 0 amide bonds. The Labute approximate surface area is 112 Å². The van der Waals surface area contributed by atoms with Crippen LogP contribution < -0.4 is 4.90 Å². The van der Waals surface area contributed by atoms with E-state index in [1.54, 1.807) is 18.2 Å². The Morgan fingerprint density at radius 3 is 2.84 bits per heavy atom. The van der Waals surface area contributed by atoms with Crippen LogP contribution in [0.5, 0.6) is 0 Å². The van der Waals surface area contributed by atoms with Crippen LogP contribution in [0.1, 0.15) is 18.9 Å². The van der Waals surface area contributed by atoms with Crippen molar-refractivity contribution in [3.05, 3.63) is 48.3 Å². The molecule has 0 radical (unpaired) electrons. The van der Waals surface area contributed by atoms with E-state index in [1.807, 2.05) is 11.8 Å². The van der Waals surface area contributed by atoms with Crippen LogP contribution in [0.15, 0.2) is 36.9 Å². The van der Waals surface area contributed by atoms with Gasteiger partial charge in [0.15, 0.2) is 0 Å². The van der Waals surface area contributed by atoms with E-state index >= 15 is 0 Å². The van der Waals surface area contributed by atoms with E-state index < -0.39 is 5.97 Å². The van der Waals surface area contributed by atoms with Crippen molar-refractivity contribution in [1.29, 1.82) is 0 Å². The molecule has 0 saturated heterocycles. The molecule has 0 bridgehead atoms. The Hall–Kier alpha value is -2.10. The maximum atomic E-state index is 14.0. The van der Waals surface area contributed by atoms with E-state index in [1.165, 1.54) is 12.1 Å². The quantitative estimate of drug-likeness (QED) is 0.606. The molecule has 0 spiro atoms. The monoisotopic (exact) mass is 263 g/mol. The van der Waals surface area contributed by atoms with Crippen molar-refractivity contribution >= 4 is 17.7 Å². The van der Waals surface area contributed by atoms with E-state index in [2.05, 4.69) is 6.58 Å². The van der Waals surface area contributed by atoms with Gasteiger partial charge in [-0.05, 0) is 18.6 Å². The lowest BCUT2D eigenvalue weighted by atomic mass is 10.1. The molecule has 1 aromatic rings. The van der Waals surface area contributed by atoms with Gasteiger partial charge in [0.2, 0.25) is 0 Å². The third-order valence-electron chi connectivity index (χ3n) is 2.58. The van der Waals surface area contributed by atoms with E-state index in [-0.39, 0.29) is 5.82 Å². The average Bonchev–Trinajstić information content (AvgIpc) is 2.36. The fourth-order valence-electron chi connectivity index (χ4n) is 1.88. The van der Waals surface area contributed by atoms with Gasteiger partial charge in [0.05, 0.1) is 5.69 Å². The van der Waals surface area contributed by atoms with Crippen molar-refractivity contribution in [3.8, 4) is 0 Å². The van der Waals surface area contributed by atoms with Crippen LogP contribution in [0, 0.1) is 5.82 Å². The summed E-state index contributed by atoms with van der Waals surface area (Å²) in [5.41, 5.74) is 0.972. The molecule has 0 saturated carbocycles. The second-order valence-electron chi connectivity index (χ2n) is 4.08. The molecule has 1 aromatic carbocycles. The highest BCUT2D eigenvalue weighted by molar-refractivity contribution is 5.87. The fourth-order valence-corrected chi connectivity index (χ4v) is 1.88. The van der Waals surface area contributed by atoms with Gasteiger partial charge in [-0.2, -0.15) is 0 Å². The number of carbonyl (C=O) groups is 1. The van der Waals surface area contributed by atoms with Crippen LogP contribution in [0.2, 0.25) is 0 Å². The molecule has 0 aromatic heterocycles. The number of rotatable bonds is 7. The van der Waals surface area contributed by atoms with Crippen LogP contribution in [0.4, 0.5) is 10.1 Å². The minimum absolute atomic E-state index is 0.358. The molecule has 0 aliphatic heterocycles. The SMILES string of the molecule is C=CCN(CCC)c1c(F)cccc1/C=C/C(=O)O. The number of halogens is 1. The van der Waals surface area contributed by atoms with Gasteiger partial charge in [-0.15, -0.1) is 6.58 Å². The number of aliphatic carboxylic acids is 1. The molecule has 1 N–H and O–H groups in total. The van der Waals surface area contributed by atoms with E-state index in [0.29, 0.717) is 24.3 Å². The molecule has 3 nitrogen and oxygen atoms in total. The fraction of sp³-hybridized carbons (Fsp3) is 0.267. The molecule has 0 aliphatic carbocycles. The number of para-hydroxylation sites is 1. The third-order valence-corrected chi connectivity index (χ3v) is 2.58. The Bertz CT molecular complexity index is 483. The highest BCUT2D eigenvalue weighted by Crippen LogP contribution is 2.26. The molecule has 0 unspecified atom stereocenters. The summed E-state index contributed by atoms with van der Waals surface area (Å²) in [5, 5.41) is 8.67. The summed E-state index contributed by atoms with van der Waals surface area (Å²) in [4.78, 5) is 12.4. The zero-order valence-electron chi connectivity index (χ0n) is 11.0. The molecular weight excluding hydrogens is 245 g/mol. The van der Waals surface area contributed by atoms with Crippen LogP contribution in [0.3, 0.4) is 0 Å². The first-order chi connectivity index (χ1) is 9.10. The van der Waals surface area contributed by atoms with Gasteiger partial charge < -0.3 is 10.0 Å². The van der Waals surface area contributed by atoms with E-state index in [9.17, 15) is 9.18 Å². The average molecular weight is 263 g/mol. The molecule has 19 heavy (non-hydrogen) atoms. The minimum atomic E-state index is -1.05. The zero-order valence-corrected chi connectivity index (χ0v) is 11.0. The summed E-state index contributed by atoms with van der Waals surface area (Å²) in [6.07, 6.45) is 4.99. The van der Waals surface area contributed by atoms with Crippen LogP contribution >= 0.6 is 0 Å².